The lowest BCUT2D eigenvalue weighted by molar-refractivity contribution is 0.371. The minimum atomic E-state index is 0.494. The van der Waals surface area contributed by atoms with Crippen molar-refractivity contribution in [2.24, 2.45) is 0 Å². The molecule has 1 fully saturated rings. The molecule has 2 atom stereocenters. The van der Waals surface area contributed by atoms with Gasteiger partial charge >= 0.3 is 0 Å². The van der Waals surface area contributed by atoms with E-state index in [2.05, 4.69) is 29.7 Å². The predicted molar refractivity (Wildman–Crippen MR) is 76.3 cm³/mol. The van der Waals surface area contributed by atoms with Gasteiger partial charge in [0.2, 0.25) is 0 Å². The quantitative estimate of drug-likeness (QED) is 0.840. The molecule has 0 spiro atoms. The zero-order valence-corrected chi connectivity index (χ0v) is 11.4. The van der Waals surface area contributed by atoms with E-state index in [1.54, 1.807) is 7.11 Å². The highest BCUT2D eigenvalue weighted by Crippen LogP contribution is 2.18. The first-order chi connectivity index (χ1) is 8.78. The summed E-state index contributed by atoms with van der Waals surface area (Å²) in [4.78, 5) is 0. The second kappa shape index (κ2) is 6.64. The number of benzene rings is 1. The Morgan fingerprint density at radius 2 is 2.11 bits per heavy atom. The van der Waals surface area contributed by atoms with Crippen LogP contribution in [-0.4, -0.2) is 25.7 Å². The molecule has 1 aromatic rings. The maximum absolute atomic E-state index is 5.16. The van der Waals surface area contributed by atoms with Crippen LogP contribution in [0.5, 0.6) is 5.75 Å². The molecule has 1 aliphatic rings. The first-order valence-electron chi connectivity index (χ1n) is 6.92. The van der Waals surface area contributed by atoms with Gasteiger partial charge in [-0.25, -0.2) is 0 Å². The van der Waals surface area contributed by atoms with Crippen molar-refractivity contribution in [3.63, 3.8) is 0 Å². The van der Waals surface area contributed by atoms with Crippen molar-refractivity contribution < 1.29 is 4.74 Å². The van der Waals surface area contributed by atoms with Crippen molar-refractivity contribution in [3.05, 3.63) is 24.3 Å². The normalized spacial score (nSPS) is 21.3. The molecule has 2 rings (SSSR count). The van der Waals surface area contributed by atoms with Crippen LogP contribution in [0.3, 0.4) is 0 Å². The fourth-order valence-corrected chi connectivity index (χ4v) is 2.58. The van der Waals surface area contributed by atoms with Gasteiger partial charge in [0.05, 0.1) is 7.11 Å². The molecule has 0 radical (unpaired) electrons. The maximum atomic E-state index is 5.16. The van der Waals surface area contributed by atoms with Crippen LogP contribution in [0.15, 0.2) is 24.3 Å². The first-order valence-corrected chi connectivity index (χ1v) is 6.92. The van der Waals surface area contributed by atoms with E-state index < -0.39 is 0 Å². The Morgan fingerprint density at radius 3 is 2.72 bits per heavy atom. The van der Waals surface area contributed by atoms with Gasteiger partial charge in [-0.15, -0.1) is 0 Å². The molecule has 1 saturated heterocycles. The Bertz CT molecular complexity index is 344. The van der Waals surface area contributed by atoms with Gasteiger partial charge in [0.25, 0.3) is 0 Å². The van der Waals surface area contributed by atoms with Crippen molar-refractivity contribution in [1.29, 1.82) is 0 Å². The number of nitrogens with one attached hydrogen (secondary N) is 2. The van der Waals surface area contributed by atoms with Crippen molar-refractivity contribution in [2.75, 3.05) is 19.0 Å². The van der Waals surface area contributed by atoms with Crippen LogP contribution in [0.1, 0.15) is 32.6 Å². The molecule has 100 valence electrons. The SMILES string of the molecule is COc1ccc(NC(C)CC2CCCCN2)cc1. The van der Waals surface area contributed by atoms with Crippen molar-refractivity contribution in [1.82, 2.24) is 5.32 Å². The van der Waals surface area contributed by atoms with Crippen LogP contribution in [0.2, 0.25) is 0 Å². The Morgan fingerprint density at radius 1 is 1.33 bits per heavy atom. The third-order valence-electron chi connectivity index (χ3n) is 3.55. The van der Waals surface area contributed by atoms with Crippen molar-refractivity contribution in [3.8, 4) is 5.75 Å². The Kier molecular flexibility index (Phi) is 4.88. The second-order valence-electron chi connectivity index (χ2n) is 5.16. The minimum absolute atomic E-state index is 0.494. The summed E-state index contributed by atoms with van der Waals surface area (Å²) >= 11 is 0. The van der Waals surface area contributed by atoms with Crippen molar-refractivity contribution in [2.45, 2.75) is 44.7 Å². The van der Waals surface area contributed by atoms with Gasteiger partial charge < -0.3 is 15.4 Å². The fourth-order valence-electron chi connectivity index (χ4n) is 2.58. The van der Waals surface area contributed by atoms with E-state index >= 15 is 0 Å². The van der Waals surface area contributed by atoms with E-state index in [4.69, 9.17) is 4.74 Å². The lowest BCUT2D eigenvalue weighted by Gasteiger charge is -2.27. The average Bonchev–Trinajstić information content (AvgIpc) is 2.40. The number of hydrogen-bond donors (Lipinski definition) is 2. The summed E-state index contributed by atoms with van der Waals surface area (Å²) in [7, 11) is 1.69. The summed E-state index contributed by atoms with van der Waals surface area (Å²) in [6.07, 6.45) is 5.20. The van der Waals surface area contributed by atoms with E-state index in [-0.39, 0.29) is 0 Å². The number of piperidine rings is 1. The topological polar surface area (TPSA) is 33.3 Å². The lowest BCUT2D eigenvalue weighted by atomic mass is 9.99. The molecule has 18 heavy (non-hydrogen) atoms. The summed E-state index contributed by atoms with van der Waals surface area (Å²) in [5.41, 5.74) is 1.17. The number of ether oxygens (including phenoxy) is 1. The predicted octanol–water partition coefficient (Wildman–Crippen LogP) is 3.03. The molecule has 0 aromatic heterocycles. The van der Waals surface area contributed by atoms with Crippen LogP contribution >= 0.6 is 0 Å². The largest absolute Gasteiger partial charge is 0.497 e. The number of anilines is 1. The second-order valence-corrected chi connectivity index (χ2v) is 5.16. The molecular formula is C15H24N2O. The van der Waals surface area contributed by atoms with Crippen LogP contribution in [0.4, 0.5) is 5.69 Å². The first kappa shape index (κ1) is 13.2. The van der Waals surface area contributed by atoms with Crippen LogP contribution in [0, 0.1) is 0 Å². The molecule has 2 unspecified atom stereocenters. The monoisotopic (exact) mass is 248 g/mol. The summed E-state index contributed by atoms with van der Waals surface area (Å²) in [6, 6.07) is 9.31. The maximum Gasteiger partial charge on any atom is 0.119 e. The highest BCUT2D eigenvalue weighted by Gasteiger charge is 2.15. The molecule has 3 nitrogen and oxygen atoms in total. The smallest absolute Gasteiger partial charge is 0.119 e. The molecule has 0 bridgehead atoms. The zero-order valence-electron chi connectivity index (χ0n) is 11.4. The van der Waals surface area contributed by atoms with E-state index in [9.17, 15) is 0 Å². The van der Waals surface area contributed by atoms with Crippen LogP contribution in [-0.2, 0) is 0 Å². The van der Waals surface area contributed by atoms with Gasteiger partial charge in [0.15, 0.2) is 0 Å². The molecule has 1 aromatic carbocycles. The molecule has 0 aliphatic carbocycles. The molecule has 0 amide bonds. The fraction of sp³-hybridized carbons (Fsp3) is 0.600. The Hall–Kier alpha value is -1.22. The van der Waals surface area contributed by atoms with Crippen molar-refractivity contribution >= 4 is 5.69 Å². The summed E-state index contributed by atoms with van der Waals surface area (Å²) in [5, 5.41) is 7.14. The highest BCUT2D eigenvalue weighted by molar-refractivity contribution is 5.46. The standard InChI is InChI=1S/C15H24N2O/c1-12(11-14-5-3-4-10-16-14)17-13-6-8-15(18-2)9-7-13/h6-9,12,14,16-17H,3-5,10-11H2,1-2H3. The summed E-state index contributed by atoms with van der Waals surface area (Å²) < 4.78 is 5.16. The molecule has 0 saturated carbocycles. The van der Waals surface area contributed by atoms with Gasteiger partial charge in [0, 0.05) is 17.8 Å². The molecule has 1 heterocycles. The highest BCUT2D eigenvalue weighted by atomic mass is 16.5. The Balaban J connectivity index is 1.80. The van der Waals surface area contributed by atoms with Gasteiger partial charge in [-0.3, -0.25) is 0 Å². The van der Waals surface area contributed by atoms with Gasteiger partial charge in [-0.1, -0.05) is 6.42 Å². The lowest BCUT2D eigenvalue weighted by Crippen LogP contribution is -2.37. The van der Waals surface area contributed by atoms with E-state index in [0.29, 0.717) is 12.1 Å². The van der Waals surface area contributed by atoms with Crippen LogP contribution in [0.25, 0.3) is 0 Å². The number of rotatable bonds is 5. The third-order valence-corrected chi connectivity index (χ3v) is 3.55. The van der Waals surface area contributed by atoms with Crippen LogP contribution < -0.4 is 15.4 Å². The van der Waals surface area contributed by atoms with Gasteiger partial charge in [-0.05, 0) is 57.0 Å². The van der Waals surface area contributed by atoms with Gasteiger partial charge in [-0.2, -0.15) is 0 Å². The molecule has 1 aliphatic heterocycles. The number of methoxy groups -OCH3 is 1. The van der Waals surface area contributed by atoms with Gasteiger partial charge in [0.1, 0.15) is 5.75 Å². The summed E-state index contributed by atoms with van der Waals surface area (Å²) in [6.45, 7) is 3.43. The molecular weight excluding hydrogens is 224 g/mol. The van der Waals surface area contributed by atoms with E-state index in [1.807, 2.05) is 12.1 Å². The van der Waals surface area contributed by atoms with E-state index in [0.717, 1.165) is 5.75 Å². The average molecular weight is 248 g/mol. The third kappa shape index (κ3) is 3.91. The van der Waals surface area contributed by atoms with E-state index in [1.165, 1.54) is 37.9 Å². The minimum Gasteiger partial charge on any atom is -0.497 e. The molecule has 3 heteroatoms. The molecule has 2 N–H and O–H groups in total. The Labute approximate surface area is 110 Å². The zero-order chi connectivity index (χ0) is 12.8. The summed E-state index contributed by atoms with van der Waals surface area (Å²) in [5.74, 6) is 0.905. The number of hydrogen-bond acceptors (Lipinski definition) is 3.